The fourth-order valence-corrected chi connectivity index (χ4v) is 2.84. The normalized spacial score (nSPS) is 17.9. The third-order valence-electron chi connectivity index (χ3n) is 4.49. The molecule has 0 spiro atoms. The number of carboxylic acids is 1. The number of carbonyl (C=O) groups excluding carboxylic acids is 1. The number of hydrogen-bond acceptors (Lipinski definition) is 2. The molecule has 1 fully saturated rings. The summed E-state index contributed by atoms with van der Waals surface area (Å²) in [5.41, 5.74) is 0.884. The number of nitrogens with one attached hydrogen (secondary N) is 1. The summed E-state index contributed by atoms with van der Waals surface area (Å²) in [6.45, 7) is 2.73. The lowest BCUT2D eigenvalue weighted by Crippen LogP contribution is -2.45. The molecule has 0 aliphatic carbocycles. The van der Waals surface area contributed by atoms with Gasteiger partial charge >= 0.3 is 5.97 Å². The van der Waals surface area contributed by atoms with Crippen molar-refractivity contribution in [1.82, 2.24) is 9.88 Å². The van der Waals surface area contributed by atoms with Crippen LogP contribution in [0.15, 0.2) is 30.5 Å². The highest BCUT2D eigenvalue weighted by atomic mass is 16.4. The summed E-state index contributed by atoms with van der Waals surface area (Å²) >= 11 is 0. The van der Waals surface area contributed by atoms with E-state index in [2.05, 4.69) is 4.98 Å². The van der Waals surface area contributed by atoms with Gasteiger partial charge in [0.2, 0.25) is 0 Å². The first kappa shape index (κ1) is 13.7. The molecule has 0 bridgehead atoms. The highest BCUT2D eigenvalue weighted by Crippen LogP contribution is 2.32. The second-order valence-electron chi connectivity index (χ2n) is 5.91. The number of nitrogens with zero attached hydrogens (tertiary/aromatic N) is 1. The van der Waals surface area contributed by atoms with E-state index >= 15 is 0 Å². The standard InChI is InChI=1S/C16H18N2O3/c1-16(15(20)21)6-8-18(9-7-16)14(19)12-10-17-13-5-3-2-4-11(12)13/h2-5,10,17H,6-9H2,1H3,(H,20,21). The molecule has 110 valence electrons. The number of fused-ring (bicyclic) bond motifs is 1. The molecule has 0 saturated carbocycles. The van der Waals surface area contributed by atoms with Crippen molar-refractivity contribution in [1.29, 1.82) is 0 Å². The molecule has 1 aliphatic heterocycles. The van der Waals surface area contributed by atoms with Crippen molar-refractivity contribution in [3.05, 3.63) is 36.0 Å². The van der Waals surface area contributed by atoms with Gasteiger partial charge in [0.15, 0.2) is 0 Å². The Bertz CT molecular complexity index is 696. The second kappa shape index (κ2) is 4.91. The van der Waals surface area contributed by atoms with Crippen molar-refractivity contribution in [2.24, 2.45) is 5.41 Å². The van der Waals surface area contributed by atoms with Crippen LogP contribution in [0.2, 0.25) is 0 Å². The lowest BCUT2D eigenvalue weighted by atomic mass is 9.80. The molecule has 3 rings (SSSR count). The Morgan fingerprint density at radius 3 is 2.57 bits per heavy atom. The number of piperidine rings is 1. The number of H-pyrrole nitrogens is 1. The number of aromatic amines is 1. The predicted octanol–water partition coefficient (Wildman–Crippen LogP) is 2.49. The van der Waals surface area contributed by atoms with Crippen LogP contribution in [0.25, 0.3) is 10.9 Å². The zero-order valence-corrected chi connectivity index (χ0v) is 11.9. The number of likely N-dealkylation sites (tertiary alicyclic amines) is 1. The van der Waals surface area contributed by atoms with Gasteiger partial charge in [0.05, 0.1) is 11.0 Å². The van der Waals surface area contributed by atoms with Crippen molar-refractivity contribution in [3.8, 4) is 0 Å². The molecule has 1 aliphatic rings. The van der Waals surface area contributed by atoms with Crippen molar-refractivity contribution in [2.75, 3.05) is 13.1 Å². The molecule has 5 nitrogen and oxygen atoms in total. The van der Waals surface area contributed by atoms with Gasteiger partial charge in [-0.05, 0) is 25.8 Å². The summed E-state index contributed by atoms with van der Waals surface area (Å²) in [5, 5.41) is 10.2. The summed E-state index contributed by atoms with van der Waals surface area (Å²) in [4.78, 5) is 28.7. The molecule has 2 N–H and O–H groups in total. The molecule has 1 amide bonds. The first-order valence-electron chi connectivity index (χ1n) is 7.10. The number of benzene rings is 1. The number of carboxylic acid groups (broad SMARTS) is 1. The molecule has 1 saturated heterocycles. The summed E-state index contributed by atoms with van der Waals surface area (Å²) < 4.78 is 0. The van der Waals surface area contributed by atoms with E-state index in [1.54, 1.807) is 18.0 Å². The Hall–Kier alpha value is -2.30. The lowest BCUT2D eigenvalue weighted by Gasteiger charge is -2.36. The molecular formula is C16H18N2O3. The van der Waals surface area contributed by atoms with Gasteiger partial charge in [-0.25, -0.2) is 0 Å². The number of aliphatic carboxylic acids is 1. The van der Waals surface area contributed by atoms with Crippen LogP contribution >= 0.6 is 0 Å². The van der Waals surface area contributed by atoms with Gasteiger partial charge in [-0.2, -0.15) is 0 Å². The van der Waals surface area contributed by atoms with Gasteiger partial charge in [-0.15, -0.1) is 0 Å². The number of carbonyl (C=O) groups is 2. The third-order valence-corrected chi connectivity index (χ3v) is 4.49. The van der Waals surface area contributed by atoms with Gasteiger partial charge in [0.25, 0.3) is 5.91 Å². The zero-order valence-electron chi connectivity index (χ0n) is 11.9. The Labute approximate surface area is 122 Å². The van der Waals surface area contributed by atoms with Crippen LogP contribution in [0.1, 0.15) is 30.1 Å². The predicted molar refractivity (Wildman–Crippen MR) is 79.2 cm³/mol. The minimum Gasteiger partial charge on any atom is -0.481 e. The van der Waals surface area contributed by atoms with E-state index in [9.17, 15) is 14.7 Å². The Morgan fingerprint density at radius 1 is 1.24 bits per heavy atom. The van der Waals surface area contributed by atoms with Crippen molar-refractivity contribution in [2.45, 2.75) is 19.8 Å². The highest BCUT2D eigenvalue weighted by molar-refractivity contribution is 6.06. The molecule has 0 unspecified atom stereocenters. The molecule has 5 heteroatoms. The summed E-state index contributed by atoms with van der Waals surface area (Å²) in [6.07, 6.45) is 2.73. The van der Waals surface area contributed by atoms with Gasteiger partial charge in [0.1, 0.15) is 0 Å². The van der Waals surface area contributed by atoms with E-state index in [4.69, 9.17) is 0 Å². The van der Waals surface area contributed by atoms with Crippen LogP contribution in [-0.2, 0) is 4.79 Å². The van der Waals surface area contributed by atoms with E-state index in [1.807, 2.05) is 24.3 Å². The molecule has 0 radical (unpaired) electrons. The monoisotopic (exact) mass is 286 g/mol. The largest absolute Gasteiger partial charge is 0.481 e. The maximum atomic E-state index is 12.6. The number of amides is 1. The van der Waals surface area contributed by atoms with Gasteiger partial charge < -0.3 is 15.0 Å². The number of para-hydroxylation sites is 1. The molecule has 21 heavy (non-hydrogen) atoms. The maximum absolute atomic E-state index is 12.6. The van der Waals surface area contributed by atoms with E-state index in [-0.39, 0.29) is 5.91 Å². The summed E-state index contributed by atoms with van der Waals surface area (Å²) in [7, 11) is 0. The van der Waals surface area contributed by atoms with E-state index in [0.29, 0.717) is 31.5 Å². The van der Waals surface area contributed by atoms with Crippen LogP contribution < -0.4 is 0 Å². The van der Waals surface area contributed by atoms with E-state index in [1.165, 1.54) is 0 Å². The Balaban J connectivity index is 1.80. The molecule has 1 aromatic heterocycles. The highest BCUT2D eigenvalue weighted by Gasteiger charge is 2.38. The topological polar surface area (TPSA) is 73.4 Å². The zero-order chi connectivity index (χ0) is 15.0. The molecule has 2 heterocycles. The maximum Gasteiger partial charge on any atom is 0.309 e. The Kier molecular flexibility index (Phi) is 3.20. The fourth-order valence-electron chi connectivity index (χ4n) is 2.84. The van der Waals surface area contributed by atoms with Gasteiger partial charge in [0, 0.05) is 30.2 Å². The average Bonchev–Trinajstić information content (AvgIpc) is 2.91. The first-order chi connectivity index (χ1) is 10.0. The molecular weight excluding hydrogens is 268 g/mol. The van der Waals surface area contributed by atoms with Crippen molar-refractivity contribution >= 4 is 22.8 Å². The number of aromatic nitrogens is 1. The number of hydrogen-bond donors (Lipinski definition) is 2. The van der Waals surface area contributed by atoms with Crippen molar-refractivity contribution in [3.63, 3.8) is 0 Å². The molecule has 1 aromatic carbocycles. The van der Waals surface area contributed by atoms with E-state index in [0.717, 1.165) is 10.9 Å². The smallest absolute Gasteiger partial charge is 0.309 e. The number of rotatable bonds is 2. The van der Waals surface area contributed by atoms with Crippen LogP contribution in [0.4, 0.5) is 0 Å². The summed E-state index contributed by atoms with van der Waals surface area (Å²) in [5.74, 6) is -0.804. The summed E-state index contributed by atoms with van der Waals surface area (Å²) in [6, 6.07) is 7.69. The van der Waals surface area contributed by atoms with Crippen LogP contribution in [0.5, 0.6) is 0 Å². The van der Waals surface area contributed by atoms with Crippen LogP contribution in [0.3, 0.4) is 0 Å². The SMILES string of the molecule is CC1(C(=O)O)CCN(C(=O)c2c[nH]c3ccccc23)CC1. The molecule has 2 aromatic rings. The minimum atomic E-state index is -0.776. The van der Waals surface area contributed by atoms with Crippen LogP contribution in [0, 0.1) is 5.41 Å². The fraction of sp³-hybridized carbons (Fsp3) is 0.375. The van der Waals surface area contributed by atoms with Gasteiger partial charge in [-0.3, -0.25) is 9.59 Å². The van der Waals surface area contributed by atoms with Crippen LogP contribution in [-0.4, -0.2) is 40.0 Å². The van der Waals surface area contributed by atoms with Crippen molar-refractivity contribution < 1.29 is 14.7 Å². The first-order valence-corrected chi connectivity index (χ1v) is 7.10. The second-order valence-corrected chi connectivity index (χ2v) is 5.91. The van der Waals surface area contributed by atoms with Gasteiger partial charge in [-0.1, -0.05) is 18.2 Å². The Morgan fingerprint density at radius 2 is 1.90 bits per heavy atom. The molecule has 0 atom stereocenters. The quantitative estimate of drug-likeness (QED) is 0.890. The third kappa shape index (κ3) is 2.28. The lowest BCUT2D eigenvalue weighted by molar-refractivity contribution is -0.150. The van der Waals surface area contributed by atoms with E-state index < -0.39 is 11.4 Å². The average molecular weight is 286 g/mol. The minimum absolute atomic E-state index is 0.0279.